The first-order valence-corrected chi connectivity index (χ1v) is 8.87. The fraction of sp³-hybridized carbons (Fsp3) is 0.263. The zero-order valence-corrected chi connectivity index (χ0v) is 14.5. The van der Waals surface area contributed by atoms with Crippen LogP contribution in [0.4, 0.5) is 11.4 Å². The van der Waals surface area contributed by atoms with Gasteiger partial charge in [-0.1, -0.05) is 38.1 Å². The van der Waals surface area contributed by atoms with Gasteiger partial charge in [0.1, 0.15) is 0 Å². The maximum absolute atomic E-state index is 12.3. The van der Waals surface area contributed by atoms with Gasteiger partial charge in [0.15, 0.2) is 0 Å². The molecule has 0 saturated heterocycles. The summed E-state index contributed by atoms with van der Waals surface area (Å²) in [6.45, 7) is 4.22. The van der Waals surface area contributed by atoms with E-state index < -0.39 is 5.25 Å². The van der Waals surface area contributed by atoms with Gasteiger partial charge in [-0.15, -0.1) is 11.8 Å². The summed E-state index contributed by atoms with van der Waals surface area (Å²) in [6, 6.07) is 15.5. The number of hydrogen-bond donors (Lipinski definition) is 2. The van der Waals surface area contributed by atoms with Crippen LogP contribution in [0.3, 0.4) is 0 Å². The molecule has 0 spiro atoms. The van der Waals surface area contributed by atoms with Crippen LogP contribution in [-0.2, 0) is 9.59 Å². The fourth-order valence-electron chi connectivity index (χ4n) is 2.58. The second-order valence-corrected chi connectivity index (χ2v) is 7.37. The molecule has 1 atom stereocenters. The van der Waals surface area contributed by atoms with E-state index in [9.17, 15) is 9.59 Å². The van der Waals surface area contributed by atoms with Crippen molar-refractivity contribution in [2.45, 2.75) is 36.3 Å². The van der Waals surface area contributed by atoms with Gasteiger partial charge in [-0.2, -0.15) is 0 Å². The standard InChI is InChI=1S/C19H20N2O2S/c1-12(2)13-6-5-7-14(10-13)20-18(22)11-17-19(23)21-15-8-3-4-9-16(15)24-17/h3-10,12,17H,11H2,1-2H3,(H,20,22)(H,21,23). The normalized spacial score (nSPS) is 16.5. The van der Waals surface area contributed by atoms with Crippen LogP contribution in [-0.4, -0.2) is 17.1 Å². The molecule has 1 aliphatic heterocycles. The molecule has 0 radical (unpaired) electrons. The second-order valence-electron chi connectivity index (χ2n) is 6.12. The molecule has 0 fully saturated rings. The Morgan fingerprint density at radius 2 is 2.00 bits per heavy atom. The van der Waals surface area contributed by atoms with E-state index >= 15 is 0 Å². The van der Waals surface area contributed by atoms with Crippen molar-refractivity contribution in [3.63, 3.8) is 0 Å². The summed E-state index contributed by atoms with van der Waals surface area (Å²) in [5.74, 6) is 0.130. The third kappa shape index (κ3) is 3.79. The van der Waals surface area contributed by atoms with E-state index in [1.54, 1.807) is 0 Å². The lowest BCUT2D eigenvalue weighted by Crippen LogP contribution is -2.32. The molecule has 1 unspecified atom stereocenters. The quantitative estimate of drug-likeness (QED) is 0.875. The SMILES string of the molecule is CC(C)c1cccc(NC(=O)CC2Sc3ccccc3NC2=O)c1. The number of hydrogen-bond acceptors (Lipinski definition) is 3. The molecule has 5 heteroatoms. The van der Waals surface area contributed by atoms with Crippen LogP contribution in [0.2, 0.25) is 0 Å². The predicted octanol–water partition coefficient (Wildman–Crippen LogP) is 4.25. The Morgan fingerprint density at radius 1 is 1.21 bits per heavy atom. The number of nitrogens with one attached hydrogen (secondary N) is 2. The smallest absolute Gasteiger partial charge is 0.238 e. The highest BCUT2D eigenvalue weighted by molar-refractivity contribution is 8.01. The Balaban J connectivity index is 1.65. The van der Waals surface area contributed by atoms with Gasteiger partial charge in [-0.05, 0) is 35.7 Å². The topological polar surface area (TPSA) is 58.2 Å². The zero-order valence-electron chi connectivity index (χ0n) is 13.7. The van der Waals surface area contributed by atoms with E-state index in [4.69, 9.17) is 0 Å². The van der Waals surface area contributed by atoms with Gasteiger partial charge in [-0.25, -0.2) is 0 Å². The van der Waals surface area contributed by atoms with Gasteiger partial charge in [0.25, 0.3) is 0 Å². The van der Waals surface area contributed by atoms with Crippen molar-refractivity contribution < 1.29 is 9.59 Å². The van der Waals surface area contributed by atoms with Crippen molar-refractivity contribution in [3.05, 3.63) is 54.1 Å². The number of carbonyl (C=O) groups is 2. The fourth-order valence-corrected chi connectivity index (χ4v) is 3.69. The molecule has 4 nitrogen and oxygen atoms in total. The van der Waals surface area contributed by atoms with E-state index in [0.29, 0.717) is 5.92 Å². The van der Waals surface area contributed by atoms with Crippen LogP contribution in [0.15, 0.2) is 53.4 Å². The van der Waals surface area contributed by atoms with Crippen molar-refractivity contribution in [2.75, 3.05) is 10.6 Å². The molecule has 2 aromatic rings. The van der Waals surface area contributed by atoms with Crippen LogP contribution in [0.25, 0.3) is 0 Å². The Labute approximate surface area is 146 Å². The lowest BCUT2D eigenvalue weighted by atomic mass is 10.0. The van der Waals surface area contributed by atoms with Crippen LogP contribution < -0.4 is 10.6 Å². The third-order valence-electron chi connectivity index (χ3n) is 3.91. The monoisotopic (exact) mass is 340 g/mol. The van der Waals surface area contributed by atoms with Crippen LogP contribution in [0.5, 0.6) is 0 Å². The molecule has 0 aromatic heterocycles. The summed E-state index contributed by atoms with van der Waals surface area (Å²) in [5, 5.41) is 5.35. The predicted molar refractivity (Wildman–Crippen MR) is 98.5 cm³/mol. The molecule has 3 rings (SSSR count). The maximum Gasteiger partial charge on any atom is 0.238 e. The number of amides is 2. The Morgan fingerprint density at radius 3 is 2.79 bits per heavy atom. The summed E-state index contributed by atoms with van der Waals surface area (Å²) >= 11 is 1.44. The number of para-hydroxylation sites is 1. The molecular weight excluding hydrogens is 320 g/mol. The van der Waals surface area contributed by atoms with Gasteiger partial charge in [0.05, 0.1) is 10.9 Å². The highest BCUT2D eigenvalue weighted by Gasteiger charge is 2.28. The maximum atomic E-state index is 12.3. The average Bonchev–Trinajstić information content (AvgIpc) is 2.55. The van der Waals surface area contributed by atoms with Gasteiger partial charge in [0.2, 0.25) is 11.8 Å². The van der Waals surface area contributed by atoms with Crippen molar-refractivity contribution >= 4 is 35.0 Å². The molecule has 0 aliphatic carbocycles. The first-order chi connectivity index (χ1) is 11.5. The van der Waals surface area contributed by atoms with E-state index in [-0.39, 0.29) is 18.2 Å². The van der Waals surface area contributed by atoms with Crippen molar-refractivity contribution in [3.8, 4) is 0 Å². The molecule has 2 amide bonds. The molecule has 1 aliphatic rings. The average molecular weight is 340 g/mol. The minimum Gasteiger partial charge on any atom is -0.326 e. The van der Waals surface area contributed by atoms with Crippen LogP contribution in [0.1, 0.15) is 31.7 Å². The first-order valence-electron chi connectivity index (χ1n) is 7.99. The molecule has 24 heavy (non-hydrogen) atoms. The third-order valence-corrected chi connectivity index (χ3v) is 5.19. The number of fused-ring (bicyclic) bond motifs is 1. The van der Waals surface area contributed by atoms with Gasteiger partial charge in [-0.3, -0.25) is 9.59 Å². The van der Waals surface area contributed by atoms with Crippen LogP contribution >= 0.6 is 11.8 Å². The molecule has 124 valence electrons. The van der Waals surface area contributed by atoms with Crippen molar-refractivity contribution in [1.29, 1.82) is 0 Å². The summed E-state index contributed by atoms with van der Waals surface area (Å²) < 4.78 is 0. The number of anilines is 2. The van der Waals surface area contributed by atoms with Gasteiger partial charge >= 0.3 is 0 Å². The Hall–Kier alpha value is -2.27. The van der Waals surface area contributed by atoms with E-state index in [0.717, 1.165) is 16.3 Å². The van der Waals surface area contributed by atoms with Crippen molar-refractivity contribution in [2.24, 2.45) is 0 Å². The molecule has 2 aromatic carbocycles. The second kappa shape index (κ2) is 7.09. The van der Waals surface area contributed by atoms with Gasteiger partial charge < -0.3 is 10.6 Å². The molecule has 1 heterocycles. The van der Waals surface area contributed by atoms with Crippen LogP contribution in [0, 0.1) is 0 Å². The summed E-state index contributed by atoms with van der Waals surface area (Å²) in [6.07, 6.45) is 0.150. The Bertz CT molecular complexity index is 773. The molecular formula is C19H20N2O2S. The lowest BCUT2D eigenvalue weighted by molar-refractivity contribution is -0.120. The largest absolute Gasteiger partial charge is 0.326 e. The minimum absolute atomic E-state index is 0.121. The number of carbonyl (C=O) groups excluding carboxylic acids is 2. The lowest BCUT2D eigenvalue weighted by Gasteiger charge is -2.23. The highest BCUT2D eigenvalue weighted by atomic mass is 32.2. The number of rotatable bonds is 4. The zero-order chi connectivity index (χ0) is 17.1. The summed E-state index contributed by atoms with van der Waals surface area (Å²) in [5.41, 5.74) is 2.76. The highest BCUT2D eigenvalue weighted by Crippen LogP contribution is 2.36. The first kappa shape index (κ1) is 16.6. The van der Waals surface area contributed by atoms with E-state index in [1.165, 1.54) is 17.3 Å². The summed E-state index contributed by atoms with van der Waals surface area (Å²) in [7, 11) is 0. The van der Waals surface area contributed by atoms with Crippen molar-refractivity contribution in [1.82, 2.24) is 0 Å². The van der Waals surface area contributed by atoms with Gasteiger partial charge in [0, 0.05) is 17.0 Å². The minimum atomic E-state index is -0.409. The van der Waals surface area contributed by atoms with E-state index in [2.05, 4.69) is 24.5 Å². The molecule has 0 bridgehead atoms. The molecule has 2 N–H and O–H groups in total. The number of benzene rings is 2. The molecule has 0 saturated carbocycles. The summed E-state index contributed by atoms with van der Waals surface area (Å²) in [4.78, 5) is 25.5. The Kier molecular flexibility index (Phi) is 4.90. The van der Waals surface area contributed by atoms with E-state index in [1.807, 2.05) is 48.5 Å². The number of thioether (sulfide) groups is 1.